The van der Waals surface area contributed by atoms with Gasteiger partial charge in [-0.1, -0.05) is 0 Å². The third kappa shape index (κ3) is 2.95. The van der Waals surface area contributed by atoms with Gasteiger partial charge in [-0.05, 0) is 20.8 Å². The molecular weight excluding hydrogens is 212 g/mol. The molecule has 16 heavy (non-hydrogen) atoms. The summed E-state index contributed by atoms with van der Waals surface area (Å²) < 4.78 is 5.12. The first-order chi connectivity index (χ1) is 7.35. The maximum absolute atomic E-state index is 11.7. The minimum Gasteiger partial charge on any atom is -0.442 e. The summed E-state index contributed by atoms with van der Waals surface area (Å²) in [5.74, 6) is -0.238. The largest absolute Gasteiger partial charge is 0.442 e. The van der Waals surface area contributed by atoms with Crippen LogP contribution >= 0.6 is 0 Å². The number of aldehydes is 1. The highest BCUT2D eigenvalue weighted by atomic mass is 16.6. The van der Waals surface area contributed by atoms with Crippen LogP contribution in [-0.2, 0) is 14.3 Å². The first kappa shape index (κ1) is 12.5. The number of ether oxygens (including phenoxy) is 1. The van der Waals surface area contributed by atoms with E-state index in [0.29, 0.717) is 6.29 Å². The molecule has 1 aliphatic rings. The van der Waals surface area contributed by atoms with Crippen molar-refractivity contribution in [3.63, 3.8) is 0 Å². The van der Waals surface area contributed by atoms with Crippen molar-refractivity contribution in [2.75, 3.05) is 13.1 Å². The van der Waals surface area contributed by atoms with E-state index in [4.69, 9.17) is 4.74 Å². The van der Waals surface area contributed by atoms with Crippen molar-refractivity contribution in [2.24, 2.45) is 0 Å². The molecule has 1 aliphatic heterocycles. The van der Waals surface area contributed by atoms with Crippen molar-refractivity contribution in [2.45, 2.75) is 32.8 Å². The maximum atomic E-state index is 11.7. The van der Waals surface area contributed by atoms with E-state index in [2.05, 4.69) is 0 Å². The summed E-state index contributed by atoms with van der Waals surface area (Å²) >= 11 is 0. The Kier molecular flexibility index (Phi) is 3.51. The van der Waals surface area contributed by atoms with E-state index in [-0.39, 0.29) is 25.4 Å². The molecule has 1 heterocycles. The van der Waals surface area contributed by atoms with Gasteiger partial charge >= 0.3 is 6.09 Å². The van der Waals surface area contributed by atoms with Crippen molar-refractivity contribution in [3.8, 4) is 0 Å². The number of amides is 2. The molecule has 0 saturated carbocycles. The molecule has 0 unspecified atom stereocenters. The molecule has 2 amide bonds. The smallest absolute Gasteiger partial charge is 0.429 e. The third-order valence-corrected chi connectivity index (χ3v) is 1.97. The molecule has 0 spiro atoms. The van der Waals surface area contributed by atoms with Crippen LogP contribution in [0.2, 0.25) is 0 Å². The molecule has 0 radical (unpaired) electrons. The van der Waals surface area contributed by atoms with Gasteiger partial charge in [-0.15, -0.1) is 0 Å². The fourth-order valence-electron chi connectivity index (χ4n) is 1.36. The number of hydrogen-bond acceptors (Lipinski definition) is 4. The SMILES string of the molecule is CC(C)(C)OC(=O)N1CCC(=O)N1CC=O. The monoisotopic (exact) mass is 228 g/mol. The van der Waals surface area contributed by atoms with E-state index in [0.717, 1.165) is 5.01 Å². The van der Waals surface area contributed by atoms with Crippen LogP contribution < -0.4 is 0 Å². The first-order valence-corrected chi connectivity index (χ1v) is 5.09. The van der Waals surface area contributed by atoms with Crippen LogP contribution in [0.25, 0.3) is 0 Å². The van der Waals surface area contributed by atoms with E-state index < -0.39 is 11.7 Å². The van der Waals surface area contributed by atoms with Gasteiger partial charge in [0.1, 0.15) is 11.9 Å². The van der Waals surface area contributed by atoms with E-state index >= 15 is 0 Å². The second-order valence-corrected chi connectivity index (χ2v) is 4.50. The number of hydrazine groups is 1. The van der Waals surface area contributed by atoms with E-state index in [1.165, 1.54) is 5.01 Å². The maximum Gasteiger partial charge on any atom is 0.429 e. The average Bonchev–Trinajstić information content (AvgIpc) is 2.46. The summed E-state index contributed by atoms with van der Waals surface area (Å²) in [5, 5.41) is 2.28. The van der Waals surface area contributed by atoms with Gasteiger partial charge in [-0.3, -0.25) is 4.79 Å². The van der Waals surface area contributed by atoms with Gasteiger partial charge < -0.3 is 9.53 Å². The summed E-state index contributed by atoms with van der Waals surface area (Å²) in [5.41, 5.74) is -0.616. The zero-order valence-corrected chi connectivity index (χ0v) is 9.73. The molecule has 0 atom stereocenters. The molecule has 0 aliphatic carbocycles. The predicted molar refractivity (Wildman–Crippen MR) is 55.3 cm³/mol. The number of rotatable bonds is 2. The van der Waals surface area contributed by atoms with Crippen molar-refractivity contribution in [1.29, 1.82) is 0 Å². The van der Waals surface area contributed by atoms with Crippen molar-refractivity contribution < 1.29 is 19.1 Å². The molecule has 0 bridgehead atoms. The summed E-state index contributed by atoms with van der Waals surface area (Å²) in [7, 11) is 0. The van der Waals surface area contributed by atoms with Crippen LogP contribution in [0.4, 0.5) is 4.79 Å². The standard InChI is InChI=1S/C10H16N2O4/c1-10(2,3)16-9(15)12-5-4-8(14)11(12)6-7-13/h7H,4-6H2,1-3H3. The third-order valence-electron chi connectivity index (χ3n) is 1.97. The number of hydrogen-bond donors (Lipinski definition) is 0. The summed E-state index contributed by atoms with van der Waals surface area (Å²) in [4.78, 5) is 33.4. The zero-order valence-electron chi connectivity index (χ0n) is 9.73. The van der Waals surface area contributed by atoms with E-state index in [1.54, 1.807) is 20.8 Å². The first-order valence-electron chi connectivity index (χ1n) is 5.09. The summed E-state index contributed by atoms with van der Waals surface area (Å²) in [6, 6.07) is 0. The van der Waals surface area contributed by atoms with Crippen LogP contribution in [0, 0.1) is 0 Å². The normalized spacial score (nSPS) is 16.6. The van der Waals surface area contributed by atoms with Gasteiger partial charge in [-0.25, -0.2) is 14.8 Å². The molecule has 90 valence electrons. The quantitative estimate of drug-likeness (QED) is 0.648. The van der Waals surface area contributed by atoms with Gasteiger partial charge in [-0.2, -0.15) is 0 Å². The molecule has 6 heteroatoms. The summed E-state index contributed by atoms with van der Waals surface area (Å²) in [6.45, 7) is 5.38. The highest BCUT2D eigenvalue weighted by molar-refractivity contribution is 5.84. The Morgan fingerprint density at radius 1 is 1.50 bits per heavy atom. The lowest BCUT2D eigenvalue weighted by molar-refractivity contribution is -0.139. The van der Waals surface area contributed by atoms with Crippen molar-refractivity contribution >= 4 is 18.3 Å². The second-order valence-electron chi connectivity index (χ2n) is 4.50. The Labute approximate surface area is 94.1 Å². The lowest BCUT2D eigenvalue weighted by Crippen LogP contribution is -2.46. The Morgan fingerprint density at radius 3 is 2.62 bits per heavy atom. The van der Waals surface area contributed by atoms with Gasteiger partial charge in [0, 0.05) is 6.42 Å². The van der Waals surface area contributed by atoms with E-state index in [9.17, 15) is 14.4 Å². The number of carbonyl (C=O) groups is 3. The fraction of sp³-hybridized carbons (Fsp3) is 0.700. The lowest BCUT2D eigenvalue weighted by Gasteiger charge is -2.29. The molecule has 0 aromatic heterocycles. The average molecular weight is 228 g/mol. The highest BCUT2D eigenvalue weighted by Crippen LogP contribution is 2.16. The fourth-order valence-corrected chi connectivity index (χ4v) is 1.36. The second kappa shape index (κ2) is 4.51. The van der Waals surface area contributed by atoms with Gasteiger partial charge in [0.2, 0.25) is 5.91 Å². The molecule has 1 saturated heterocycles. The van der Waals surface area contributed by atoms with Gasteiger partial charge in [0.15, 0.2) is 0 Å². The zero-order chi connectivity index (χ0) is 12.3. The van der Waals surface area contributed by atoms with E-state index in [1.807, 2.05) is 0 Å². The molecule has 1 rings (SSSR count). The van der Waals surface area contributed by atoms with Gasteiger partial charge in [0.05, 0.1) is 13.1 Å². The van der Waals surface area contributed by atoms with Gasteiger partial charge in [0.25, 0.3) is 0 Å². The Morgan fingerprint density at radius 2 is 2.12 bits per heavy atom. The minimum atomic E-state index is -0.616. The summed E-state index contributed by atoms with van der Waals surface area (Å²) in [6.07, 6.45) is 0.216. The molecule has 1 fully saturated rings. The van der Waals surface area contributed by atoms with Crippen LogP contribution in [0.5, 0.6) is 0 Å². The Bertz CT molecular complexity index is 308. The van der Waals surface area contributed by atoms with Crippen molar-refractivity contribution in [3.05, 3.63) is 0 Å². The Balaban J connectivity index is 2.68. The molecule has 6 nitrogen and oxygen atoms in total. The molecular formula is C10H16N2O4. The highest BCUT2D eigenvalue weighted by Gasteiger charge is 2.34. The topological polar surface area (TPSA) is 66.9 Å². The molecule has 0 aromatic rings. The van der Waals surface area contributed by atoms with Crippen molar-refractivity contribution in [1.82, 2.24) is 10.0 Å². The van der Waals surface area contributed by atoms with Crippen LogP contribution in [0.1, 0.15) is 27.2 Å². The lowest BCUT2D eigenvalue weighted by atomic mass is 10.2. The van der Waals surface area contributed by atoms with Crippen LogP contribution in [0.3, 0.4) is 0 Å². The molecule has 0 N–H and O–H groups in total. The number of nitrogens with zero attached hydrogens (tertiary/aromatic N) is 2. The number of carbonyl (C=O) groups excluding carboxylic acids is 3. The van der Waals surface area contributed by atoms with Crippen LogP contribution in [-0.4, -0.2) is 47.0 Å². The predicted octanol–water partition coefficient (Wildman–Crippen LogP) is 0.570. The molecule has 0 aromatic carbocycles. The van der Waals surface area contributed by atoms with Crippen LogP contribution in [0.15, 0.2) is 0 Å². The Hall–Kier alpha value is -1.59. The minimum absolute atomic E-state index is 0.113.